The zero-order valence-corrected chi connectivity index (χ0v) is 10.4. The summed E-state index contributed by atoms with van der Waals surface area (Å²) in [5.41, 5.74) is 4.75. The number of carboxylic acid groups (broad SMARTS) is 1. The summed E-state index contributed by atoms with van der Waals surface area (Å²) in [6.45, 7) is 7.06. The fourth-order valence-electron chi connectivity index (χ4n) is 1.01. The summed E-state index contributed by atoms with van der Waals surface area (Å²) in [7, 11) is 0. The predicted molar refractivity (Wildman–Crippen MR) is 61.9 cm³/mol. The number of carboxylic acids is 1. The maximum absolute atomic E-state index is 11.6. The van der Waals surface area contributed by atoms with E-state index in [-0.39, 0.29) is 18.4 Å². The summed E-state index contributed by atoms with van der Waals surface area (Å²) in [5.74, 6) is -1.14. The van der Waals surface area contributed by atoms with Crippen molar-refractivity contribution in [1.29, 1.82) is 0 Å². The monoisotopic (exact) mass is 230 g/mol. The molecule has 0 rings (SSSR count). The Morgan fingerprint density at radius 2 is 1.94 bits per heavy atom. The molecule has 2 unspecified atom stereocenters. The van der Waals surface area contributed by atoms with Crippen LogP contribution in [-0.4, -0.2) is 29.6 Å². The minimum atomic E-state index is -0.967. The first-order valence-electron chi connectivity index (χ1n) is 5.49. The second-order valence-corrected chi connectivity index (χ2v) is 4.82. The average Bonchev–Trinajstić information content (AvgIpc) is 2.23. The van der Waals surface area contributed by atoms with Gasteiger partial charge in [-0.25, -0.2) is 0 Å². The first-order valence-corrected chi connectivity index (χ1v) is 5.49. The van der Waals surface area contributed by atoms with Gasteiger partial charge in [-0.3, -0.25) is 9.59 Å². The number of carbonyl (C=O) groups is 2. The third kappa shape index (κ3) is 4.18. The minimum absolute atomic E-state index is 0.0886. The lowest BCUT2D eigenvalue weighted by Crippen LogP contribution is -2.48. The zero-order chi connectivity index (χ0) is 12.9. The number of nitrogens with two attached hydrogens (primary N) is 1. The molecule has 0 aromatic heterocycles. The predicted octanol–water partition coefficient (Wildman–Crippen LogP) is 0.587. The van der Waals surface area contributed by atoms with E-state index in [4.69, 9.17) is 10.8 Å². The first-order chi connectivity index (χ1) is 7.22. The number of hydrogen-bond acceptors (Lipinski definition) is 3. The summed E-state index contributed by atoms with van der Waals surface area (Å²) in [6, 6.07) is -0.574. The van der Waals surface area contributed by atoms with Gasteiger partial charge >= 0.3 is 5.97 Å². The number of carbonyl (C=O) groups excluding carboxylic acids is 1. The molecule has 0 aromatic rings. The van der Waals surface area contributed by atoms with Crippen LogP contribution in [-0.2, 0) is 9.59 Å². The summed E-state index contributed by atoms with van der Waals surface area (Å²) in [5, 5.41) is 11.4. The van der Waals surface area contributed by atoms with Crippen LogP contribution >= 0.6 is 0 Å². The Kier molecular flexibility index (Phi) is 5.44. The fourth-order valence-corrected chi connectivity index (χ4v) is 1.01. The maximum Gasteiger partial charge on any atom is 0.310 e. The van der Waals surface area contributed by atoms with Crippen LogP contribution in [0.25, 0.3) is 0 Å². The molecule has 2 atom stereocenters. The highest BCUT2D eigenvalue weighted by atomic mass is 16.4. The van der Waals surface area contributed by atoms with Gasteiger partial charge in [-0.05, 0) is 19.8 Å². The maximum atomic E-state index is 11.6. The fraction of sp³-hybridized carbons (Fsp3) is 0.818. The normalized spacial score (nSPS) is 15.3. The lowest BCUT2D eigenvalue weighted by molar-refractivity contribution is -0.146. The van der Waals surface area contributed by atoms with Crippen molar-refractivity contribution in [3.63, 3.8) is 0 Å². The van der Waals surface area contributed by atoms with Crippen LogP contribution in [0.5, 0.6) is 0 Å². The molecule has 0 spiro atoms. The largest absolute Gasteiger partial charge is 0.481 e. The Hall–Kier alpha value is -1.10. The molecule has 0 heterocycles. The van der Waals surface area contributed by atoms with Crippen molar-refractivity contribution in [2.75, 3.05) is 6.54 Å². The molecule has 1 amide bonds. The van der Waals surface area contributed by atoms with Crippen molar-refractivity contribution in [3.05, 3.63) is 0 Å². The Balaban J connectivity index is 4.22. The number of hydrogen-bond donors (Lipinski definition) is 3. The van der Waals surface area contributed by atoms with Crippen LogP contribution in [0, 0.1) is 11.3 Å². The average molecular weight is 230 g/mol. The van der Waals surface area contributed by atoms with Crippen LogP contribution in [0.4, 0.5) is 0 Å². The molecule has 0 saturated carbocycles. The lowest BCUT2D eigenvalue weighted by Gasteiger charge is -2.23. The summed E-state index contributed by atoms with van der Waals surface area (Å²) >= 11 is 0. The zero-order valence-electron chi connectivity index (χ0n) is 10.4. The molecule has 94 valence electrons. The Morgan fingerprint density at radius 1 is 1.44 bits per heavy atom. The summed E-state index contributed by atoms with van der Waals surface area (Å²) < 4.78 is 0. The Bertz CT molecular complexity index is 264. The molecule has 0 bridgehead atoms. The molecule has 16 heavy (non-hydrogen) atoms. The van der Waals surface area contributed by atoms with E-state index in [1.165, 1.54) is 0 Å². The van der Waals surface area contributed by atoms with E-state index >= 15 is 0 Å². The second-order valence-electron chi connectivity index (χ2n) is 4.82. The van der Waals surface area contributed by atoms with Gasteiger partial charge in [-0.2, -0.15) is 0 Å². The van der Waals surface area contributed by atoms with Crippen LogP contribution < -0.4 is 11.1 Å². The Morgan fingerprint density at radius 3 is 2.31 bits per heavy atom. The minimum Gasteiger partial charge on any atom is -0.481 e. The quantitative estimate of drug-likeness (QED) is 0.622. The molecule has 0 aliphatic carbocycles. The summed E-state index contributed by atoms with van der Waals surface area (Å²) in [4.78, 5) is 22.4. The molecule has 0 aliphatic rings. The Labute approximate surface area is 96.4 Å². The van der Waals surface area contributed by atoms with E-state index < -0.39 is 17.4 Å². The van der Waals surface area contributed by atoms with Crippen molar-refractivity contribution < 1.29 is 14.7 Å². The number of amides is 1. The van der Waals surface area contributed by atoms with E-state index in [1.807, 2.05) is 13.8 Å². The topological polar surface area (TPSA) is 92.4 Å². The van der Waals surface area contributed by atoms with E-state index in [1.54, 1.807) is 13.8 Å². The van der Waals surface area contributed by atoms with Crippen LogP contribution in [0.3, 0.4) is 0 Å². The van der Waals surface area contributed by atoms with E-state index in [9.17, 15) is 9.59 Å². The molecule has 0 radical (unpaired) electrons. The first kappa shape index (κ1) is 14.9. The molecular formula is C11H22N2O3. The van der Waals surface area contributed by atoms with Gasteiger partial charge in [0.25, 0.3) is 0 Å². The third-order valence-electron chi connectivity index (χ3n) is 2.84. The lowest BCUT2D eigenvalue weighted by atomic mass is 9.93. The van der Waals surface area contributed by atoms with Gasteiger partial charge in [0.05, 0.1) is 11.5 Å². The van der Waals surface area contributed by atoms with E-state index in [0.717, 1.165) is 6.42 Å². The van der Waals surface area contributed by atoms with Gasteiger partial charge in [-0.15, -0.1) is 0 Å². The SMILES string of the molecule is CCC(C)C(N)C(=O)NCC(C)(C)C(=O)O. The number of nitrogens with one attached hydrogen (secondary N) is 1. The van der Waals surface area contributed by atoms with Crippen molar-refractivity contribution in [3.8, 4) is 0 Å². The highest BCUT2D eigenvalue weighted by Crippen LogP contribution is 2.13. The smallest absolute Gasteiger partial charge is 0.310 e. The molecule has 0 aliphatic heterocycles. The van der Waals surface area contributed by atoms with Gasteiger partial charge in [0, 0.05) is 6.54 Å². The van der Waals surface area contributed by atoms with E-state index in [2.05, 4.69) is 5.32 Å². The van der Waals surface area contributed by atoms with Gasteiger partial charge < -0.3 is 16.2 Å². The van der Waals surface area contributed by atoms with Crippen LogP contribution in [0.1, 0.15) is 34.1 Å². The van der Waals surface area contributed by atoms with Crippen LogP contribution in [0.2, 0.25) is 0 Å². The van der Waals surface area contributed by atoms with Gasteiger partial charge in [-0.1, -0.05) is 20.3 Å². The van der Waals surface area contributed by atoms with Gasteiger partial charge in [0.2, 0.25) is 5.91 Å². The molecule has 5 heteroatoms. The van der Waals surface area contributed by atoms with Crippen molar-refractivity contribution >= 4 is 11.9 Å². The molecule has 4 N–H and O–H groups in total. The van der Waals surface area contributed by atoms with Crippen LogP contribution in [0.15, 0.2) is 0 Å². The molecule has 0 aromatic carbocycles. The van der Waals surface area contributed by atoms with Crippen molar-refractivity contribution in [2.45, 2.75) is 40.2 Å². The highest BCUT2D eigenvalue weighted by molar-refractivity contribution is 5.82. The van der Waals surface area contributed by atoms with Gasteiger partial charge in [0.1, 0.15) is 0 Å². The van der Waals surface area contributed by atoms with E-state index in [0.29, 0.717) is 0 Å². The molecule has 0 fully saturated rings. The van der Waals surface area contributed by atoms with Crippen molar-refractivity contribution in [1.82, 2.24) is 5.32 Å². The van der Waals surface area contributed by atoms with Gasteiger partial charge in [0.15, 0.2) is 0 Å². The number of aliphatic carboxylic acids is 1. The molecular weight excluding hydrogens is 208 g/mol. The number of rotatable bonds is 6. The molecule has 5 nitrogen and oxygen atoms in total. The highest BCUT2D eigenvalue weighted by Gasteiger charge is 2.29. The molecule has 0 saturated heterocycles. The third-order valence-corrected chi connectivity index (χ3v) is 2.84. The standard InChI is InChI=1S/C11H22N2O3/c1-5-7(2)8(12)9(14)13-6-11(3,4)10(15)16/h7-8H,5-6,12H2,1-4H3,(H,13,14)(H,15,16). The second kappa shape index (κ2) is 5.84. The van der Waals surface area contributed by atoms with Crippen molar-refractivity contribution in [2.24, 2.45) is 17.1 Å². The summed E-state index contributed by atoms with van der Waals surface area (Å²) in [6.07, 6.45) is 0.816.